The lowest BCUT2D eigenvalue weighted by Crippen LogP contribution is -2.27. The fourth-order valence-electron chi connectivity index (χ4n) is 1.87. The minimum Gasteiger partial charge on any atom is -0.490 e. The third-order valence-electron chi connectivity index (χ3n) is 2.91. The maximum absolute atomic E-state index is 9.86. The lowest BCUT2D eigenvalue weighted by molar-refractivity contribution is -0.0424. The van der Waals surface area contributed by atoms with Gasteiger partial charge in [-0.2, -0.15) is 0 Å². The highest BCUT2D eigenvalue weighted by Crippen LogP contribution is 2.23. The quantitative estimate of drug-likeness (QED) is 0.713. The third-order valence-corrected chi connectivity index (χ3v) is 2.91. The van der Waals surface area contributed by atoms with Gasteiger partial charge in [0.2, 0.25) is 0 Å². The standard InChI is InChI=1S/C15H25NO4/c1-11-5-4-6-13(7-16)15(11)20-10-14(17)9-19-12(2)8-18-3/h4-6,12,14,17H,7-10,16H2,1-3H3. The van der Waals surface area contributed by atoms with E-state index in [9.17, 15) is 5.11 Å². The van der Waals surface area contributed by atoms with Gasteiger partial charge in [0.05, 0.1) is 19.3 Å². The second kappa shape index (κ2) is 8.92. The van der Waals surface area contributed by atoms with Gasteiger partial charge in [-0.25, -0.2) is 0 Å². The molecular weight excluding hydrogens is 258 g/mol. The van der Waals surface area contributed by atoms with Crippen molar-refractivity contribution < 1.29 is 19.3 Å². The summed E-state index contributed by atoms with van der Waals surface area (Å²) < 4.78 is 16.1. The number of aryl methyl sites for hydroxylation is 1. The van der Waals surface area contributed by atoms with Crippen LogP contribution in [0.4, 0.5) is 0 Å². The highest BCUT2D eigenvalue weighted by Gasteiger charge is 2.11. The molecule has 20 heavy (non-hydrogen) atoms. The number of hydrogen-bond donors (Lipinski definition) is 2. The zero-order chi connectivity index (χ0) is 15.0. The molecule has 0 amide bonds. The number of rotatable bonds is 9. The van der Waals surface area contributed by atoms with Gasteiger partial charge in [-0.1, -0.05) is 18.2 Å². The number of ether oxygens (including phenoxy) is 3. The summed E-state index contributed by atoms with van der Waals surface area (Å²) >= 11 is 0. The van der Waals surface area contributed by atoms with Crippen molar-refractivity contribution in [2.24, 2.45) is 5.73 Å². The SMILES string of the molecule is COCC(C)OCC(O)COc1c(C)cccc1CN. The Balaban J connectivity index is 2.43. The Hall–Kier alpha value is -1.14. The molecule has 2 atom stereocenters. The van der Waals surface area contributed by atoms with Crippen molar-refractivity contribution in [2.45, 2.75) is 32.6 Å². The highest BCUT2D eigenvalue weighted by molar-refractivity contribution is 5.40. The average Bonchev–Trinajstić information content (AvgIpc) is 2.43. The minimum atomic E-state index is -0.681. The summed E-state index contributed by atoms with van der Waals surface area (Å²) in [6.45, 7) is 5.16. The van der Waals surface area contributed by atoms with E-state index < -0.39 is 6.10 Å². The van der Waals surface area contributed by atoms with E-state index in [0.717, 1.165) is 16.9 Å². The summed E-state index contributed by atoms with van der Waals surface area (Å²) in [4.78, 5) is 0. The molecule has 2 unspecified atom stereocenters. The van der Waals surface area contributed by atoms with Gasteiger partial charge in [0, 0.05) is 19.2 Å². The second-order valence-corrected chi connectivity index (χ2v) is 4.83. The number of para-hydroxylation sites is 1. The van der Waals surface area contributed by atoms with Gasteiger partial charge in [0.1, 0.15) is 18.5 Å². The van der Waals surface area contributed by atoms with Crippen molar-refractivity contribution in [3.63, 3.8) is 0 Å². The third kappa shape index (κ3) is 5.46. The van der Waals surface area contributed by atoms with Crippen LogP contribution in [0, 0.1) is 6.92 Å². The molecule has 1 aromatic carbocycles. The van der Waals surface area contributed by atoms with E-state index in [0.29, 0.717) is 13.2 Å². The van der Waals surface area contributed by atoms with E-state index in [1.165, 1.54) is 0 Å². The lowest BCUT2D eigenvalue weighted by Gasteiger charge is -2.18. The van der Waals surface area contributed by atoms with Crippen LogP contribution in [0.1, 0.15) is 18.1 Å². The van der Waals surface area contributed by atoms with Gasteiger partial charge in [0.25, 0.3) is 0 Å². The molecule has 114 valence electrons. The monoisotopic (exact) mass is 283 g/mol. The van der Waals surface area contributed by atoms with Gasteiger partial charge in [0.15, 0.2) is 0 Å². The fourth-order valence-corrected chi connectivity index (χ4v) is 1.87. The summed E-state index contributed by atoms with van der Waals surface area (Å²) in [5.41, 5.74) is 7.62. The van der Waals surface area contributed by atoms with Gasteiger partial charge >= 0.3 is 0 Å². The first kappa shape index (κ1) is 16.9. The van der Waals surface area contributed by atoms with E-state index in [1.807, 2.05) is 32.0 Å². The van der Waals surface area contributed by atoms with Crippen LogP contribution in [0.15, 0.2) is 18.2 Å². The fraction of sp³-hybridized carbons (Fsp3) is 0.600. The molecule has 0 spiro atoms. The van der Waals surface area contributed by atoms with Crippen LogP contribution in [0.25, 0.3) is 0 Å². The van der Waals surface area contributed by atoms with Crippen molar-refractivity contribution in [1.82, 2.24) is 0 Å². The number of nitrogens with two attached hydrogens (primary N) is 1. The molecule has 1 aromatic rings. The maximum Gasteiger partial charge on any atom is 0.126 e. The Bertz CT molecular complexity index is 397. The first-order valence-electron chi connectivity index (χ1n) is 6.78. The number of hydrogen-bond acceptors (Lipinski definition) is 5. The molecule has 0 aromatic heterocycles. The van der Waals surface area contributed by atoms with E-state index >= 15 is 0 Å². The predicted molar refractivity (Wildman–Crippen MR) is 77.9 cm³/mol. The molecule has 0 aliphatic carbocycles. The Morgan fingerprint density at radius 2 is 2.00 bits per heavy atom. The first-order valence-corrected chi connectivity index (χ1v) is 6.78. The molecule has 0 heterocycles. The molecule has 0 aliphatic rings. The van der Waals surface area contributed by atoms with Crippen molar-refractivity contribution in [2.75, 3.05) is 26.9 Å². The van der Waals surface area contributed by atoms with E-state index in [1.54, 1.807) is 7.11 Å². The molecule has 3 N–H and O–H groups in total. The zero-order valence-electron chi connectivity index (χ0n) is 12.5. The molecule has 5 nitrogen and oxygen atoms in total. The largest absolute Gasteiger partial charge is 0.490 e. The number of aliphatic hydroxyl groups excluding tert-OH is 1. The Labute approximate surface area is 120 Å². The van der Waals surface area contributed by atoms with Gasteiger partial charge in [-0.05, 0) is 19.4 Å². The van der Waals surface area contributed by atoms with Crippen LogP contribution in [0.5, 0.6) is 5.75 Å². The Morgan fingerprint density at radius 1 is 1.25 bits per heavy atom. The van der Waals surface area contributed by atoms with Crippen LogP contribution in [0.3, 0.4) is 0 Å². The van der Waals surface area contributed by atoms with Crippen molar-refractivity contribution in [1.29, 1.82) is 0 Å². The van der Waals surface area contributed by atoms with Crippen LogP contribution in [-0.2, 0) is 16.0 Å². The zero-order valence-corrected chi connectivity index (χ0v) is 12.5. The molecule has 5 heteroatoms. The van der Waals surface area contributed by atoms with E-state index in [4.69, 9.17) is 19.9 Å². The molecule has 0 bridgehead atoms. The van der Waals surface area contributed by atoms with Crippen molar-refractivity contribution >= 4 is 0 Å². The number of aliphatic hydroxyl groups is 1. The molecule has 0 fully saturated rings. The predicted octanol–water partition coefficient (Wildman–Crippen LogP) is 1.24. The van der Waals surface area contributed by atoms with E-state index in [-0.39, 0.29) is 19.3 Å². The van der Waals surface area contributed by atoms with E-state index in [2.05, 4.69) is 0 Å². The van der Waals surface area contributed by atoms with Crippen molar-refractivity contribution in [3.05, 3.63) is 29.3 Å². The smallest absolute Gasteiger partial charge is 0.126 e. The summed E-state index contributed by atoms with van der Waals surface area (Å²) in [5, 5.41) is 9.86. The topological polar surface area (TPSA) is 73.9 Å². The Kier molecular flexibility index (Phi) is 7.54. The van der Waals surface area contributed by atoms with Crippen LogP contribution >= 0.6 is 0 Å². The minimum absolute atomic E-state index is 0.0484. The summed E-state index contributed by atoms with van der Waals surface area (Å²) in [6.07, 6.45) is -0.729. The number of benzene rings is 1. The van der Waals surface area contributed by atoms with Gasteiger partial charge in [-0.3, -0.25) is 0 Å². The second-order valence-electron chi connectivity index (χ2n) is 4.83. The highest BCUT2D eigenvalue weighted by atomic mass is 16.5. The molecular formula is C15H25NO4. The van der Waals surface area contributed by atoms with Gasteiger partial charge < -0.3 is 25.1 Å². The first-order chi connectivity index (χ1) is 9.58. The molecule has 0 radical (unpaired) electrons. The number of methoxy groups -OCH3 is 1. The lowest BCUT2D eigenvalue weighted by atomic mass is 10.1. The summed E-state index contributed by atoms with van der Waals surface area (Å²) in [5.74, 6) is 0.749. The molecule has 0 saturated heterocycles. The molecule has 1 rings (SSSR count). The Morgan fingerprint density at radius 3 is 2.65 bits per heavy atom. The summed E-state index contributed by atoms with van der Waals surface area (Å²) in [7, 11) is 1.62. The van der Waals surface area contributed by atoms with Gasteiger partial charge in [-0.15, -0.1) is 0 Å². The van der Waals surface area contributed by atoms with Crippen molar-refractivity contribution in [3.8, 4) is 5.75 Å². The average molecular weight is 283 g/mol. The van der Waals surface area contributed by atoms with Crippen LogP contribution in [-0.4, -0.2) is 44.2 Å². The van der Waals surface area contributed by atoms with Crippen LogP contribution in [0.2, 0.25) is 0 Å². The normalized spacial score (nSPS) is 14.1. The summed E-state index contributed by atoms with van der Waals surface area (Å²) in [6, 6.07) is 5.82. The molecule has 0 saturated carbocycles. The maximum atomic E-state index is 9.86. The van der Waals surface area contributed by atoms with Crippen LogP contribution < -0.4 is 10.5 Å². The molecule has 0 aliphatic heterocycles.